The molecule has 0 heterocycles. The summed E-state index contributed by atoms with van der Waals surface area (Å²) >= 11 is 0. The van der Waals surface area contributed by atoms with Gasteiger partial charge < -0.3 is 14.9 Å². The average Bonchev–Trinajstić information content (AvgIpc) is 2.57. The van der Waals surface area contributed by atoms with Crippen LogP contribution in [0.4, 0.5) is 0 Å². The van der Waals surface area contributed by atoms with E-state index in [9.17, 15) is 9.90 Å². The van der Waals surface area contributed by atoms with Crippen LogP contribution in [0.15, 0.2) is 46.6 Å². The van der Waals surface area contributed by atoms with E-state index in [1.165, 1.54) is 12.5 Å². The molecule has 0 aromatic carbocycles. The smallest absolute Gasteiger partial charge is 0.302 e. The van der Waals surface area contributed by atoms with E-state index < -0.39 is 0 Å². The molecule has 0 saturated heterocycles. The number of hydrogen-bond acceptors (Lipinski definition) is 4. The van der Waals surface area contributed by atoms with Gasteiger partial charge in [-0.05, 0) is 70.4 Å². The van der Waals surface area contributed by atoms with Crippen LogP contribution >= 0.6 is 0 Å². The van der Waals surface area contributed by atoms with Gasteiger partial charge in [0.25, 0.3) is 0 Å². The first-order valence-electron chi connectivity index (χ1n) is 9.38. The summed E-state index contributed by atoms with van der Waals surface area (Å²) in [6.45, 7) is 8.05. The Kier molecular flexibility index (Phi) is 14.6. The third-order valence-electron chi connectivity index (χ3n) is 3.99. The fraction of sp³-hybridized carbons (Fsp3) is 0.591. The molecule has 0 aliphatic carbocycles. The highest BCUT2D eigenvalue weighted by Crippen LogP contribution is 2.14. The molecule has 0 bridgehead atoms. The van der Waals surface area contributed by atoms with Crippen LogP contribution in [0.1, 0.15) is 66.2 Å². The SMILES string of the molecule is CC(=O)OC/C(=C\CC/C(=C/CC/C(C)=C\CO)CO)CCC=C(C)C. The van der Waals surface area contributed by atoms with Gasteiger partial charge in [0, 0.05) is 6.92 Å². The van der Waals surface area contributed by atoms with Crippen molar-refractivity contribution in [2.45, 2.75) is 66.2 Å². The summed E-state index contributed by atoms with van der Waals surface area (Å²) in [6.07, 6.45) is 13.4. The zero-order chi connectivity index (χ0) is 19.8. The normalized spacial score (nSPS) is 12.9. The minimum atomic E-state index is -0.264. The van der Waals surface area contributed by atoms with E-state index in [-0.39, 0.29) is 19.2 Å². The molecule has 0 fully saturated rings. The zero-order valence-electron chi connectivity index (χ0n) is 16.9. The average molecular weight is 365 g/mol. The lowest BCUT2D eigenvalue weighted by atomic mass is 10.0. The molecule has 148 valence electrons. The summed E-state index contributed by atoms with van der Waals surface area (Å²) in [5, 5.41) is 18.4. The quantitative estimate of drug-likeness (QED) is 0.369. The highest BCUT2D eigenvalue weighted by molar-refractivity contribution is 5.66. The van der Waals surface area contributed by atoms with Crippen LogP contribution in [0.25, 0.3) is 0 Å². The number of hydrogen-bond donors (Lipinski definition) is 2. The Bertz CT molecular complexity index is 520. The number of aliphatic hydroxyl groups excluding tert-OH is 2. The second kappa shape index (κ2) is 15.6. The van der Waals surface area contributed by atoms with Gasteiger partial charge in [-0.3, -0.25) is 4.79 Å². The first kappa shape index (κ1) is 24.4. The monoisotopic (exact) mass is 364 g/mol. The highest BCUT2D eigenvalue weighted by atomic mass is 16.5. The number of aliphatic hydroxyl groups is 2. The molecule has 0 rings (SSSR count). The summed E-state index contributed by atoms with van der Waals surface area (Å²) in [4.78, 5) is 11.1. The topological polar surface area (TPSA) is 66.8 Å². The fourth-order valence-corrected chi connectivity index (χ4v) is 2.44. The van der Waals surface area contributed by atoms with E-state index in [2.05, 4.69) is 32.1 Å². The molecule has 0 atom stereocenters. The molecule has 4 nitrogen and oxygen atoms in total. The van der Waals surface area contributed by atoms with E-state index in [0.717, 1.165) is 55.2 Å². The van der Waals surface area contributed by atoms with E-state index >= 15 is 0 Å². The number of rotatable bonds is 13. The van der Waals surface area contributed by atoms with Crippen LogP contribution in [-0.2, 0) is 9.53 Å². The van der Waals surface area contributed by atoms with E-state index in [4.69, 9.17) is 9.84 Å². The molecule has 0 spiro atoms. The van der Waals surface area contributed by atoms with Crippen molar-refractivity contribution in [3.8, 4) is 0 Å². The number of carbonyl (C=O) groups excluding carboxylic acids is 1. The molecule has 0 aromatic heterocycles. The predicted octanol–water partition coefficient (Wildman–Crippen LogP) is 4.64. The predicted molar refractivity (Wildman–Crippen MR) is 108 cm³/mol. The van der Waals surface area contributed by atoms with Gasteiger partial charge in [0.05, 0.1) is 13.2 Å². The van der Waals surface area contributed by atoms with E-state index in [1.54, 1.807) is 0 Å². The standard InChI is InChI=1S/C22H36O4/c1-18(2)8-5-12-22(17-26-20(4)25)13-7-11-21(16-24)10-6-9-19(3)14-15-23/h8,10,13-14,23-24H,5-7,9,11-12,15-17H2,1-4H3/b19-14-,21-10-,22-13-. The summed E-state index contributed by atoms with van der Waals surface area (Å²) < 4.78 is 5.14. The number of carbonyl (C=O) groups is 1. The Hall–Kier alpha value is -1.65. The van der Waals surface area contributed by atoms with E-state index in [0.29, 0.717) is 6.61 Å². The lowest BCUT2D eigenvalue weighted by Gasteiger charge is -2.08. The van der Waals surface area contributed by atoms with Crippen LogP contribution in [0.5, 0.6) is 0 Å². The second-order valence-corrected chi connectivity index (χ2v) is 6.79. The van der Waals surface area contributed by atoms with Crippen molar-refractivity contribution in [3.05, 3.63) is 46.6 Å². The lowest BCUT2D eigenvalue weighted by molar-refractivity contribution is -0.140. The van der Waals surface area contributed by atoms with Gasteiger partial charge in [-0.1, -0.05) is 35.5 Å². The summed E-state index contributed by atoms with van der Waals surface area (Å²) in [5.41, 5.74) is 4.59. The Morgan fingerprint density at radius 2 is 1.38 bits per heavy atom. The minimum Gasteiger partial charge on any atom is -0.461 e. The number of esters is 1. The molecule has 0 aliphatic rings. The van der Waals surface area contributed by atoms with Crippen LogP contribution < -0.4 is 0 Å². The molecule has 26 heavy (non-hydrogen) atoms. The molecule has 0 amide bonds. The third kappa shape index (κ3) is 14.7. The third-order valence-corrected chi connectivity index (χ3v) is 3.99. The molecule has 0 unspecified atom stereocenters. The molecule has 2 N–H and O–H groups in total. The van der Waals surface area contributed by atoms with Crippen molar-refractivity contribution in [1.82, 2.24) is 0 Å². The largest absolute Gasteiger partial charge is 0.461 e. The Balaban J connectivity index is 4.59. The Morgan fingerprint density at radius 3 is 1.96 bits per heavy atom. The Morgan fingerprint density at radius 1 is 0.808 bits per heavy atom. The molecule has 0 radical (unpaired) electrons. The van der Waals surface area contributed by atoms with Gasteiger partial charge in [-0.15, -0.1) is 0 Å². The summed E-state index contributed by atoms with van der Waals surface area (Å²) in [7, 11) is 0. The van der Waals surface area contributed by atoms with Gasteiger partial charge in [0.2, 0.25) is 0 Å². The zero-order valence-corrected chi connectivity index (χ0v) is 16.9. The highest BCUT2D eigenvalue weighted by Gasteiger charge is 2.02. The first-order valence-corrected chi connectivity index (χ1v) is 9.38. The van der Waals surface area contributed by atoms with Gasteiger partial charge in [0.15, 0.2) is 0 Å². The minimum absolute atomic E-state index is 0.0631. The fourth-order valence-electron chi connectivity index (χ4n) is 2.44. The molecular weight excluding hydrogens is 328 g/mol. The maximum atomic E-state index is 11.1. The second-order valence-electron chi connectivity index (χ2n) is 6.79. The van der Waals surface area contributed by atoms with Gasteiger partial charge >= 0.3 is 5.97 Å². The number of ether oxygens (including phenoxy) is 1. The van der Waals surface area contributed by atoms with Crippen molar-refractivity contribution in [2.75, 3.05) is 19.8 Å². The maximum absolute atomic E-state index is 11.1. The van der Waals surface area contributed by atoms with Crippen LogP contribution in [-0.4, -0.2) is 36.0 Å². The summed E-state index contributed by atoms with van der Waals surface area (Å²) in [5.74, 6) is -0.264. The van der Waals surface area contributed by atoms with Crippen molar-refractivity contribution < 1.29 is 19.7 Å². The Labute approximate surface area is 159 Å². The summed E-state index contributed by atoms with van der Waals surface area (Å²) in [6, 6.07) is 0. The maximum Gasteiger partial charge on any atom is 0.302 e. The molecular formula is C22H36O4. The van der Waals surface area contributed by atoms with Gasteiger partial charge in [-0.25, -0.2) is 0 Å². The molecule has 0 aliphatic heterocycles. The van der Waals surface area contributed by atoms with Crippen LogP contribution in [0, 0.1) is 0 Å². The van der Waals surface area contributed by atoms with Gasteiger partial charge in [0.1, 0.15) is 6.61 Å². The lowest BCUT2D eigenvalue weighted by Crippen LogP contribution is -2.03. The van der Waals surface area contributed by atoms with Crippen LogP contribution in [0.2, 0.25) is 0 Å². The van der Waals surface area contributed by atoms with Crippen molar-refractivity contribution in [2.24, 2.45) is 0 Å². The molecule has 0 aromatic rings. The molecule has 0 saturated carbocycles. The van der Waals surface area contributed by atoms with Crippen molar-refractivity contribution in [1.29, 1.82) is 0 Å². The van der Waals surface area contributed by atoms with Crippen LogP contribution in [0.3, 0.4) is 0 Å². The van der Waals surface area contributed by atoms with Crippen molar-refractivity contribution in [3.63, 3.8) is 0 Å². The number of allylic oxidation sites excluding steroid dienone is 5. The first-order chi connectivity index (χ1) is 12.4. The van der Waals surface area contributed by atoms with Crippen molar-refractivity contribution >= 4 is 5.97 Å². The van der Waals surface area contributed by atoms with Gasteiger partial charge in [-0.2, -0.15) is 0 Å². The molecule has 4 heteroatoms. The van der Waals surface area contributed by atoms with E-state index in [1.807, 2.05) is 13.0 Å².